The van der Waals surface area contributed by atoms with Gasteiger partial charge in [-0.3, -0.25) is 0 Å². The number of piperidine rings is 1. The van der Waals surface area contributed by atoms with Crippen LogP contribution in [-0.4, -0.2) is 28.9 Å². The number of carboxylic acid groups (broad SMARTS) is 1. The van der Waals surface area contributed by atoms with E-state index in [0.717, 1.165) is 19.0 Å². The highest BCUT2D eigenvalue weighted by molar-refractivity contribution is 5.75. The molecule has 2 rings (SSSR count). The minimum absolute atomic E-state index is 0.559. The molecule has 1 aliphatic rings. The number of rotatable bonds is 2. The number of aromatic nitrogens is 2. The van der Waals surface area contributed by atoms with Crippen molar-refractivity contribution in [1.82, 2.24) is 5.27 Å². The molecule has 0 aliphatic carbocycles. The standard InChI is InChI=1S/C8H11N3O4/c12-7-5-11(9-15-7)10-4-2-1-3-6(10)8(13)14/h5-6H,1-4H2,(H-,9,12,13,14). The van der Waals surface area contributed by atoms with Crippen LogP contribution in [0.25, 0.3) is 0 Å². The second-order valence-corrected chi connectivity index (χ2v) is 3.45. The van der Waals surface area contributed by atoms with E-state index in [2.05, 4.69) is 9.79 Å². The van der Waals surface area contributed by atoms with Crippen LogP contribution in [-0.2, 0) is 4.79 Å². The Morgan fingerprint density at radius 3 is 3.13 bits per heavy atom. The second-order valence-electron chi connectivity index (χ2n) is 3.45. The number of hydrogen-bond acceptors (Lipinski definition) is 5. The summed E-state index contributed by atoms with van der Waals surface area (Å²) >= 11 is 0. The molecule has 1 N–H and O–H groups in total. The third kappa shape index (κ3) is 1.85. The van der Waals surface area contributed by atoms with Crippen LogP contribution in [0.1, 0.15) is 19.3 Å². The molecule has 0 saturated carbocycles. The fourth-order valence-electron chi connectivity index (χ4n) is 1.76. The number of hydrogen-bond donors (Lipinski definition) is 1. The third-order valence-corrected chi connectivity index (χ3v) is 2.46. The van der Waals surface area contributed by atoms with E-state index < -0.39 is 18.0 Å². The predicted molar refractivity (Wildman–Crippen MR) is 44.5 cm³/mol. The Kier molecular flexibility index (Phi) is 2.44. The van der Waals surface area contributed by atoms with Crippen molar-refractivity contribution in [3.05, 3.63) is 6.20 Å². The largest absolute Gasteiger partial charge is 0.539 e. The molecule has 1 unspecified atom stereocenters. The van der Waals surface area contributed by atoms with Crippen LogP contribution < -0.4 is 14.9 Å². The quantitative estimate of drug-likeness (QED) is 0.608. The Morgan fingerprint density at radius 2 is 2.53 bits per heavy atom. The first-order chi connectivity index (χ1) is 7.18. The van der Waals surface area contributed by atoms with Gasteiger partial charge in [-0.2, -0.15) is 0 Å². The number of aliphatic carboxylic acids is 1. The molecule has 1 atom stereocenters. The van der Waals surface area contributed by atoms with Crippen LogP contribution in [0.5, 0.6) is 5.95 Å². The maximum absolute atomic E-state index is 11.0. The first kappa shape index (κ1) is 9.75. The van der Waals surface area contributed by atoms with Gasteiger partial charge in [0.2, 0.25) is 0 Å². The normalized spacial score (nSPS) is 21.6. The first-order valence-corrected chi connectivity index (χ1v) is 4.74. The Labute approximate surface area is 85.5 Å². The van der Waals surface area contributed by atoms with Crippen molar-refractivity contribution in [3.63, 3.8) is 0 Å². The van der Waals surface area contributed by atoms with Crippen LogP contribution in [0.15, 0.2) is 10.7 Å². The van der Waals surface area contributed by atoms with Gasteiger partial charge in [-0.15, -0.1) is 5.01 Å². The Bertz CT molecular complexity index is 365. The van der Waals surface area contributed by atoms with Crippen molar-refractivity contribution in [1.29, 1.82) is 0 Å². The lowest BCUT2D eigenvalue weighted by Gasteiger charge is -2.25. The maximum atomic E-state index is 11.0. The molecule has 15 heavy (non-hydrogen) atoms. The van der Waals surface area contributed by atoms with Gasteiger partial charge >= 0.3 is 5.97 Å². The van der Waals surface area contributed by atoms with Gasteiger partial charge in [0.15, 0.2) is 12.0 Å². The van der Waals surface area contributed by atoms with Crippen LogP contribution in [0.4, 0.5) is 0 Å². The van der Waals surface area contributed by atoms with Crippen molar-refractivity contribution in [2.24, 2.45) is 0 Å². The summed E-state index contributed by atoms with van der Waals surface area (Å²) < 4.78 is 4.37. The molecule has 0 radical (unpaired) electrons. The second kappa shape index (κ2) is 3.76. The van der Waals surface area contributed by atoms with Crippen LogP contribution in [0.3, 0.4) is 0 Å². The van der Waals surface area contributed by atoms with Crippen molar-refractivity contribution in [3.8, 4) is 5.95 Å². The van der Waals surface area contributed by atoms with E-state index >= 15 is 0 Å². The summed E-state index contributed by atoms with van der Waals surface area (Å²) in [7, 11) is 0. The summed E-state index contributed by atoms with van der Waals surface area (Å²) in [5.74, 6) is -1.48. The lowest BCUT2D eigenvalue weighted by Crippen LogP contribution is -2.67. The maximum Gasteiger partial charge on any atom is 0.332 e. The van der Waals surface area contributed by atoms with Crippen LogP contribution in [0.2, 0.25) is 0 Å². The summed E-state index contributed by atoms with van der Waals surface area (Å²) in [6.45, 7) is 0.563. The third-order valence-electron chi connectivity index (χ3n) is 2.46. The highest BCUT2D eigenvalue weighted by Gasteiger charge is 2.35. The van der Waals surface area contributed by atoms with Crippen molar-refractivity contribution in [2.75, 3.05) is 11.6 Å². The zero-order valence-electron chi connectivity index (χ0n) is 8.00. The molecule has 1 fully saturated rings. The van der Waals surface area contributed by atoms with E-state index in [1.165, 1.54) is 9.80 Å². The fraction of sp³-hybridized carbons (Fsp3) is 0.625. The van der Waals surface area contributed by atoms with E-state index in [-0.39, 0.29) is 0 Å². The molecule has 2 heterocycles. The summed E-state index contributed by atoms with van der Waals surface area (Å²) in [6, 6.07) is -0.631. The Balaban J connectivity index is 2.21. The molecule has 1 aromatic rings. The Morgan fingerprint density at radius 1 is 1.73 bits per heavy atom. The predicted octanol–water partition coefficient (Wildman–Crippen LogP) is -1.39. The summed E-state index contributed by atoms with van der Waals surface area (Å²) in [5, 5.41) is 24.8. The first-order valence-electron chi connectivity index (χ1n) is 4.74. The van der Waals surface area contributed by atoms with E-state index in [9.17, 15) is 9.90 Å². The van der Waals surface area contributed by atoms with Gasteiger partial charge in [-0.1, -0.05) is 0 Å². The summed E-state index contributed by atoms with van der Waals surface area (Å²) in [6.07, 6.45) is 3.46. The number of nitrogens with zero attached hydrogens (tertiary/aromatic N) is 3. The molecule has 82 valence electrons. The molecule has 0 bridgehead atoms. The van der Waals surface area contributed by atoms with E-state index in [0.29, 0.717) is 13.0 Å². The lowest BCUT2D eigenvalue weighted by atomic mass is 10.0. The number of carboxylic acids is 1. The van der Waals surface area contributed by atoms with Gasteiger partial charge in [0, 0.05) is 4.79 Å². The minimum Gasteiger partial charge on any atom is -0.539 e. The Hall–Kier alpha value is -1.79. The average molecular weight is 213 g/mol. The van der Waals surface area contributed by atoms with Gasteiger partial charge in [0.05, 0.1) is 6.54 Å². The molecular formula is C8H11N3O4. The minimum atomic E-state index is -0.905. The molecule has 0 spiro atoms. The molecule has 0 amide bonds. The van der Waals surface area contributed by atoms with Gasteiger partial charge in [0.25, 0.3) is 6.20 Å². The van der Waals surface area contributed by atoms with Crippen molar-refractivity contribution < 1.29 is 24.3 Å². The molecule has 1 aliphatic heterocycles. The SMILES string of the molecule is O=C(O)C1CCCCN1[n+]1cc([O-])on1. The molecular weight excluding hydrogens is 202 g/mol. The average Bonchev–Trinajstić information content (AvgIpc) is 2.65. The smallest absolute Gasteiger partial charge is 0.332 e. The van der Waals surface area contributed by atoms with Gasteiger partial charge in [0.1, 0.15) is 5.27 Å². The van der Waals surface area contributed by atoms with Crippen molar-refractivity contribution >= 4 is 5.97 Å². The van der Waals surface area contributed by atoms with Crippen LogP contribution >= 0.6 is 0 Å². The zero-order valence-corrected chi connectivity index (χ0v) is 8.00. The zero-order chi connectivity index (χ0) is 10.8. The molecule has 7 nitrogen and oxygen atoms in total. The topological polar surface area (TPSA) is 93.5 Å². The molecule has 1 aromatic heterocycles. The fourth-order valence-corrected chi connectivity index (χ4v) is 1.76. The van der Waals surface area contributed by atoms with E-state index in [1.54, 1.807) is 0 Å². The van der Waals surface area contributed by atoms with Crippen molar-refractivity contribution in [2.45, 2.75) is 25.3 Å². The number of carbonyl (C=O) groups is 1. The van der Waals surface area contributed by atoms with Gasteiger partial charge < -0.3 is 14.7 Å². The highest BCUT2D eigenvalue weighted by Crippen LogP contribution is 2.13. The van der Waals surface area contributed by atoms with E-state index in [4.69, 9.17) is 5.11 Å². The molecule has 7 heteroatoms. The van der Waals surface area contributed by atoms with E-state index in [1.807, 2.05) is 0 Å². The van der Waals surface area contributed by atoms with Crippen LogP contribution in [0, 0.1) is 0 Å². The molecule has 0 aromatic carbocycles. The highest BCUT2D eigenvalue weighted by atomic mass is 16.6. The lowest BCUT2D eigenvalue weighted by molar-refractivity contribution is -0.761. The molecule has 1 saturated heterocycles. The summed E-state index contributed by atoms with van der Waals surface area (Å²) in [4.78, 5) is 12.1. The van der Waals surface area contributed by atoms with Gasteiger partial charge in [-0.05, 0) is 19.3 Å². The monoisotopic (exact) mass is 213 g/mol. The van der Waals surface area contributed by atoms with Gasteiger partial charge in [-0.25, -0.2) is 4.79 Å². The summed E-state index contributed by atoms with van der Waals surface area (Å²) in [5.41, 5.74) is 0.